The second-order valence-corrected chi connectivity index (χ2v) is 5.83. The van der Waals surface area contributed by atoms with Crippen LogP contribution in [-0.2, 0) is 0 Å². The number of para-hydroxylation sites is 1. The van der Waals surface area contributed by atoms with Crippen LogP contribution in [0, 0.1) is 6.92 Å². The van der Waals surface area contributed by atoms with Crippen LogP contribution in [0.2, 0.25) is 0 Å². The number of amides is 2. The molecule has 0 atom stereocenters. The molecule has 24 heavy (non-hydrogen) atoms. The highest BCUT2D eigenvalue weighted by Gasteiger charge is 2.09. The molecule has 0 radical (unpaired) electrons. The average molecular weight is 392 g/mol. The molecule has 0 heterocycles. The Morgan fingerprint density at radius 2 is 2.12 bits per heavy atom. The smallest absolute Gasteiger partial charge is 0.339 e. The maximum absolute atomic E-state index is 11.8. The number of phenols is 1. The van der Waals surface area contributed by atoms with Crippen LogP contribution in [0.1, 0.15) is 18.1 Å². The maximum atomic E-state index is 11.8. The Morgan fingerprint density at radius 1 is 1.38 bits per heavy atom. The Balaban J connectivity index is 2.04. The quantitative estimate of drug-likeness (QED) is 0.531. The van der Waals surface area contributed by atoms with Gasteiger partial charge in [-0.1, -0.05) is 34.1 Å². The summed E-state index contributed by atoms with van der Waals surface area (Å²) in [5.74, 6) is 0.308. The SMILES string of the molecule is CCOc1cc(Br)cc(C=NNC(=O)Nc2ccccc2C)c1O. The molecule has 0 saturated carbocycles. The van der Waals surface area contributed by atoms with Crippen LogP contribution in [0.4, 0.5) is 10.5 Å². The van der Waals surface area contributed by atoms with Gasteiger partial charge in [0.25, 0.3) is 0 Å². The van der Waals surface area contributed by atoms with E-state index >= 15 is 0 Å². The summed E-state index contributed by atoms with van der Waals surface area (Å²) in [6.07, 6.45) is 1.35. The highest BCUT2D eigenvalue weighted by atomic mass is 79.9. The highest BCUT2D eigenvalue weighted by molar-refractivity contribution is 9.10. The zero-order chi connectivity index (χ0) is 17.5. The highest BCUT2D eigenvalue weighted by Crippen LogP contribution is 2.32. The molecule has 2 rings (SSSR count). The molecule has 2 amide bonds. The number of aryl methyl sites for hydroxylation is 1. The Hall–Kier alpha value is -2.54. The molecule has 7 heteroatoms. The van der Waals surface area contributed by atoms with Gasteiger partial charge in [0.05, 0.1) is 12.8 Å². The lowest BCUT2D eigenvalue weighted by Crippen LogP contribution is -2.24. The number of hydrogen-bond donors (Lipinski definition) is 3. The van der Waals surface area contributed by atoms with E-state index in [2.05, 4.69) is 31.8 Å². The van der Waals surface area contributed by atoms with Crippen molar-refractivity contribution in [3.8, 4) is 11.5 Å². The molecular formula is C17H18BrN3O3. The zero-order valence-electron chi connectivity index (χ0n) is 13.3. The van der Waals surface area contributed by atoms with Gasteiger partial charge in [0.15, 0.2) is 11.5 Å². The van der Waals surface area contributed by atoms with E-state index in [1.807, 2.05) is 32.0 Å². The maximum Gasteiger partial charge on any atom is 0.339 e. The van der Waals surface area contributed by atoms with E-state index in [4.69, 9.17) is 4.74 Å². The number of carbonyl (C=O) groups is 1. The molecule has 0 aliphatic carbocycles. The third-order valence-electron chi connectivity index (χ3n) is 3.13. The van der Waals surface area contributed by atoms with Gasteiger partial charge in [-0.3, -0.25) is 0 Å². The summed E-state index contributed by atoms with van der Waals surface area (Å²) in [6.45, 7) is 4.15. The van der Waals surface area contributed by atoms with E-state index in [9.17, 15) is 9.90 Å². The van der Waals surface area contributed by atoms with E-state index in [1.165, 1.54) is 6.21 Å². The Labute approximate surface area is 148 Å². The van der Waals surface area contributed by atoms with E-state index < -0.39 is 6.03 Å². The molecule has 0 fully saturated rings. The van der Waals surface area contributed by atoms with Gasteiger partial charge in [0, 0.05) is 15.7 Å². The molecule has 6 nitrogen and oxygen atoms in total. The molecule has 0 saturated heterocycles. The predicted octanol–water partition coefficient (Wildman–Crippen LogP) is 4.02. The molecule has 126 valence electrons. The van der Waals surface area contributed by atoms with Gasteiger partial charge in [0.1, 0.15) is 0 Å². The summed E-state index contributed by atoms with van der Waals surface area (Å²) in [6, 6.07) is 10.3. The van der Waals surface area contributed by atoms with Crippen molar-refractivity contribution in [1.82, 2.24) is 5.43 Å². The lowest BCUT2D eigenvalue weighted by atomic mass is 10.2. The summed E-state index contributed by atoms with van der Waals surface area (Å²) in [7, 11) is 0. The van der Waals surface area contributed by atoms with Crippen molar-refractivity contribution in [2.24, 2.45) is 5.10 Å². The number of benzene rings is 2. The number of ether oxygens (including phenoxy) is 1. The van der Waals surface area contributed by atoms with Crippen LogP contribution in [0.3, 0.4) is 0 Å². The fourth-order valence-electron chi connectivity index (χ4n) is 1.98. The Bertz CT molecular complexity index is 763. The topological polar surface area (TPSA) is 83.0 Å². The van der Waals surface area contributed by atoms with Gasteiger partial charge in [-0.15, -0.1) is 0 Å². The van der Waals surface area contributed by atoms with Gasteiger partial charge in [-0.2, -0.15) is 5.10 Å². The summed E-state index contributed by atoms with van der Waals surface area (Å²) in [4.78, 5) is 11.8. The minimum atomic E-state index is -0.472. The largest absolute Gasteiger partial charge is 0.504 e. The normalized spacial score (nSPS) is 10.6. The number of rotatable bonds is 5. The van der Waals surface area contributed by atoms with Gasteiger partial charge >= 0.3 is 6.03 Å². The molecule has 2 aromatic rings. The zero-order valence-corrected chi connectivity index (χ0v) is 14.9. The van der Waals surface area contributed by atoms with E-state index in [0.29, 0.717) is 23.6 Å². The van der Waals surface area contributed by atoms with E-state index in [-0.39, 0.29) is 5.75 Å². The van der Waals surface area contributed by atoms with Crippen molar-refractivity contribution < 1.29 is 14.6 Å². The summed E-state index contributed by atoms with van der Waals surface area (Å²) in [5.41, 5.74) is 4.43. The number of hydrazone groups is 1. The summed E-state index contributed by atoms with van der Waals surface area (Å²) >= 11 is 3.34. The third kappa shape index (κ3) is 4.73. The third-order valence-corrected chi connectivity index (χ3v) is 3.59. The van der Waals surface area contributed by atoms with Crippen LogP contribution in [0.5, 0.6) is 11.5 Å². The van der Waals surface area contributed by atoms with Gasteiger partial charge < -0.3 is 15.2 Å². The van der Waals surface area contributed by atoms with Crippen molar-refractivity contribution in [3.05, 3.63) is 52.0 Å². The van der Waals surface area contributed by atoms with Crippen LogP contribution >= 0.6 is 15.9 Å². The molecule has 0 aliphatic heterocycles. The van der Waals surface area contributed by atoms with Crippen molar-refractivity contribution in [2.75, 3.05) is 11.9 Å². The summed E-state index contributed by atoms with van der Waals surface area (Å²) < 4.78 is 6.07. The predicted molar refractivity (Wildman–Crippen MR) is 97.9 cm³/mol. The fraction of sp³-hybridized carbons (Fsp3) is 0.176. The monoisotopic (exact) mass is 391 g/mol. The first kappa shape index (κ1) is 17.8. The molecule has 0 aliphatic rings. The van der Waals surface area contributed by atoms with Gasteiger partial charge in [-0.05, 0) is 37.6 Å². The van der Waals surface area contributed by atoms with Crippen LogP contribution in [-0.4, -0.2) is 24.0 Å². The number of nitrogens with one attached hydrogen (secondary N) is 2. The molecule has 0 spiro atoms. The van der Waals surface area contributed by atoms with Gasteiger partial charge in [-0.25, -0.2) is 10.2 Å². The average Bonchev–Trinajstić information content (AvgIpc) is 2.54. The van der Waals surface area contributed by atoms with Crippen LogP contribution in [0.25, 0.3) is 0 Å². The summed E-state index contributed by atoms with van der Waals surface area (Å²) in [5, 5.41) is 16.7. The van der Waals surface area contributed by atoms with E-state index in [1.54, 1.807) is 18.2 Å². The molecule has 3 N–H and O–H groups in total. The Kier molecular flexibility index (Phi) is 6.20. The van der Waals surface area contributed by atoms with E-state index in [0.717, 1.165) is 10.0 Å². The number of carbonyl (C=O) groups excluding carboxylic acids is 1. The minimum Gasteiger partial charge on any atom is -0.504 e. The molecule has 0 unspecified atom stereocenters. The van der Waals surface area contributed by atoms with Crippen LogP contribution < -0.4 is 15.5 Å². The second-order valence-electron chi connectivity index (χ2n) is 4.91. The first-order valence-electron chi connectivity index (χ1n) is 7.32. The molecule has 0 aromatic heterocycles. The molecule has 0 bridgehead atoms. The lowest BCUT2D eigenvalue weighted by molar-refractivity contribution is 0.252. The first-order chi connectivity index (χ1) is 11.5. The van der Waals surface area contributed by atoms with Crippen LogP contribution in [0.15, 0.2) is 46.0 Å². The van der Waals surface area contributed by atoms with Crippen molar-refractivity contribution in [3.63, 3.8) is 0 Å². The fourth-order valence-corrected chi connectivity index (χ4v) is 2.44. The van der Waals surface area contributed by atoms with Gasteiger partial charge in [0.2, 0.25) is 0 Å². The number of urea groups is 1. The lowest BCUT2D eigenvalue weighted by Gasteiger charge is -2.09. The number of halogens is 1. The van der Waals surface area contributed by atoms with Crippen molar-refractivity contribution >= 4 is 33.9 Å². The Morgan fingerprint density at radius 3 is 2.83 bits per heavy atom. The number of hydrogen-bond acceptors (Lipinski definition) is 4. The second kappa shape index (κ2) is 8.35. The number of nitrogens with zero attached hydrogens (tertiary/aromatic N) is 1. The molecule has 2 aromatic carbocycles. The molecular weight excluding hydrogens is 374 g/mol. The first-order valence-corrected chi connectivity index (χ1v) is 8.11. The number of anilines is 1. The minimum absolute atomic E-state index is 0.0371. The standard InChI is InChI=1S/C17H18BrN3O3/c1-3-24-15-9-13(18)8-12(16(15)22)10-19-21-17(23)20-14-7-5-4-6-11(14)2/h4-10,22H,3H2,1-2H3,(H2,20,21,23). The number of phenolic OH excluding ortho intramolecular Hbond substituents is 1. The number of aromatic hydroxyl groups is 1. The van der Waals surface area contributed by atoms with Crippen molar-refractivity contribution in [1.29, 1.82) is 0 Å². The van der Waals surface area contributed by atoms with Crippen molar-refractivity contribution in [2.45, 2.75) is 13.8 Å².